The van der Waals surface area contributed by atoms with E-state index in [4.69, 9.17) is 9.47 Å². The highest BCUT2D eigenvalue weighted by Gasteiger charge is 2.36. The number of rotatable bonds is 5. The molecule has 0 spiro atoms. The van der Waals surface area contributed by atoms with Crippen molar-refractivity contribution in [3.05, 3.63) is 47.6 Å². The molecule has 6 heteroatoms. The molecule has 0 radical (unpaired) electrons. The molecule has 0 heterocycles. The average Bonchev–Trinajstić information content (AvgIpc) is 2.52. The predicted molar refractivity (Wildman–Crippen MR) is 79.8 cm³/mol. The number of benzene rings is 1. The average molecular weight is 326 g/mol. The normalized spacial score (nSPS) is 20.8. The molecule has 2 rings (SSSR count). The highest BCUT2D eigenvalue weighted by Crippen LogP contribution is 2.41. The fourth-order valence-electron chi connectivity index (χ4n) is 2.70. The van der Waals surface area contributed by atoms with E-state index >= 15 is 0 Å². The lowest BCUT2D eigenvalue weighted by Gasteiger charge is -2.29. The van der Waals surface area contributed by atoms with Crippen LogP contribution in [0.15, 0.2) is 42.0 Å². The molecule has 0 saturated heterocycles. The summed E-state index contributed by atoms with van der Waals surface area (Å²) in [5.74, 6) is 0.937. The van der Waals surface area contributed by atoms with Gasteiger partial charge < -0.3 is 14.3 Å². The van der Waals surface area contributed by atoms with Crippen molar-refractivity contribution in [1.29, 1.82) is 0 Å². The number of ether oxygens (including phenoxy) is 2. The zero-order valence-electron chi connectivity index (χ0n) is 12.8. The number of allylic oxidation sites excluding steroid dienone is 4. The Morgan fingerprint density at radius 2 is 2.00 bits per heavy atom. The van der Waals surface area contributed by atoms with Gasteiger partial charge in [0.05, 0.1) is 26.1 Å². The Balaban J connectivity index is 2.49. The molecule has 0 aromatic heterocycles. The maximum atomic E-state index is 12.6. The molecule has 1 aliphatic rings. The molecule has 1 unspecified atom stereocenters. The standard InChI is InChI=1S/C17H17F3O3/c1-22-13-5-6-14(15(8-13)23-2)16(11-21)7-3-4-12(9-16)10-17(18,19)20/h3-6,8-9,11H,7,10H2,1-2H3. The summed E-state index contributed by atoms with van der Waals surface area (Å²) in [5, 5.41) is 0. The topological polar surface area (TPSA) is 35.5 Å². The van der Waals surface area contributed by atoms with Gasteiger partial charge in [-0.25, -0.2) is 0 Å². The Morgan fingerprint density at radius 3 is 2.57 bits per heavy atom. The van der Waals surface area contributed by atoms with Crippen LogP contribution < -0.4 is 9.47 Å². The second-order valence-electron chi connectivity index (χ2n) is 5.34. The van der Waals surface area contributed by atoms with Gasteiger partial charge in [0.1, 0.15) is 17.8 Å². The number of aldehydes is 1. The molecule has 1 atom stereocenters. The van der Waals surface area contributed by atoms with Gasteiger partial charge in [0, 0.05) is 11.6 Å². The van der Waals surface area contributed by atoms with E-state index in [0.717, 1.165) is 0 Å². The molecular weight excluding hydrogens is 309 g/mol. The summed E-state index contributed by atoms with van der Waals surface area (Å²) < 4.78 is 48.3. The van der Waals surface area contributed by atoms with E-state index < -0.39 is 18.0 Å². The smallest absolute Gasteiger partial charge is 0.393 e. The van der Waals surface area contributed by atoms with Gasteiger partial charge in [-0.05, 0) is 18.1 Å². The molecule has 0 amide bonds. The largest absolute Gasteiger partial charge is 0.497 e. The van der Waals surface area contributed by atoms with Crippen molar-refractivity contribution in [3.63, 3.8) is 0 Å². The van der Waals surface area contributed by atoms with Crippen molar-refractivity contribution < 1.29 is 27.4 Å². The zero-order valence-corrected chi connectivity index (χ0v) is 12.8. The summed E-state index contributed by atoms with van der Waals surface area (Å²) in [6.45, 7) is 0. The summed E-state index contributed by atoms with van der Waals surface area (Å²) in [5.41, 5.74) is -0.596. The third-order valence-corrected chi connectivity index (χ3v) is 3.76. The molecule has 0 fully saturated rings. The summed E-state index contributed by atoms with van der Waals surface area (Å²) in [7, 11) is 2.93. The lowest BCUT2D eigenvalue weighted by Crippen LogP contribution is -2.28. The van der Waals surface area contributed by atoms with Crippen LogP contribution in [-0.2, 0) is 10.2 Å². The number of carbonyl (C=O) groups excluding carboxylic acids is 1. The second-order valence-corrected chi connectivity index (χ2v) is 5.34. The predicted octanol–water partition coefficient (Wildman–Crippen LogP) is 3.98. The van der Waals surface area contributed by atoms with E-state index in [2.05, 4.69) is 0 Å². The van der Waals surface area contributed by atoms with Gasteiger partial charge in [0.25, 0.3) is 0 Å². The van der Waals surface area contributed by atoms with Crippen LogP contribution in [0, 0.1) is 0 Å². The van der Waals surface area contributed by atoms with Gasteiger partial charge in [0.2, 0.25) is 0 Å². The molecule has 0 aliphatic heterocycles. The molecule has 124 valence electrons. The minimum Gasteiger partial charge on any atom is -0.497 e. The van der Waals surface area contributed by atoms with Crippen LogP contribution in [0.2, 0.25) is 0 Å². The number of alkyl halides is 3. The molecule has 3 nitrogen and oxygen atoms in total. The number of hydrogen-bond acceptors (Lipinski definition) is 3. The Morgan fingerprint density at radius 1 is 1.26 bits per heavy atom. The van der Waals surface area contributed by atoms with Crippen molar-refractivity contribution in [2.45, 2.75) is 24.4 Å². The molecule has 23 heavy (non-hydrogen) atoms. The Kier molecular flexibility index (Phi) is 4.82. The van der Waals surface area contributed by atoms with Gasteiger partial charge in [-0.3, -0.25) is 0 Å². The summed E-state index contributed by atoms with van der Waals surface area (Å²) >= 11 is 0. The van der Waals surface area contributed by atoms with Gasteiger partial charge in [-0.15, -0.1) is 0 Å². The Hall–Kier alpha value is -2.24. The monoisotopic (exact) mass is 326 g/mol. The maximum Gasteiger partial charge on any atom is 0.393 e. The first-order valence-corrected chi connectivity index (χ1v) is 6.97. The van der Waals surface area contributed by atoms with Gasteiger partial charge in [-0.1, -0.05) is 24.3 Å². The fraction of sp³-hybridized carbons (Fsp3) is 0.353. The quantitative estimate of drug-likeness (QED) is 0.768. The van der Waals surface area contributed by atoms with Crippen LogP contribution in [-0.4, -0.2) is 26.7 Å². The summed E-state index contributed by atoms with van der Waals surface area (Å²) in [6.07, 6.45) is -0.0936. The lowest BCUT2D eigenvalue weighted by molar-refractivity contribution is -0.126. The van der Waals surface area contributed by atoms with E-state index in [1.165, 1.54) is 26.4 Å². The Bertz CT molecular complexity index is 647. The maximum absolute atomic E-state index is 12.6. The van der Waals surface area contributed by atoms with Gasteiger partial charge >= 0.3 is 6.18 Å². The van der Waals surface area contributed by atoms with Gasteiger partial charge in [0.15, 0.2) is 0 Å². The second kappa shape index (κ2) is 6.48. The van der Waals surface area contributed by atoms with Crippen molar-refractivity contribution in [3.8, 4) is 11.5 Å². The first-order chi connectivity index (χ1) is 10.8. The third kappa shape index (κ3) is 3.75. The Labute approximate surface area is 132 Å². The molecule has 1 aromatic carbocycles. The zero-order chi connectivity index (χ0) is 17.1. The molecule has 1 aliphatic carbocycles. The SMILES string of the molecule is COc1ccc(C2(C=O)C=C(CC(F)(F)F)C=CC2)c(OC)c1. The van der Waals surface area contributed by atoms with E-state index in [1.54, 1.807) is 24.3 Å². The van der Waals surface area contributed by atoms with E-state index in [-0.39, 0.29) is 12.0 Å². The van der Waals surface area contributed by atoms with E-state index in [1.807, 2.05) is 0 Å². The molecule has 0 saturated carbocycles. The molecule has 1 aromatic rings. The lowest BCUT2D eigenvalue weighted by atomic mass is 9.74. The molecule has 0 bridgehead atoms. The van der Waals surface area contributed by atoms with Crippen LogP contribution in [0.1, 0.15) is 18.4 Å². The minimum absolute atomic E-state index is 0.0636. The summed E-state index contributed by atoms with van der Waals surface area (Å²) in [6, 6.07) is 4.90. The van der Waals surface area contributed by atoms with Crippen LogP contribution in [0.5, 0.6) is 11.5 Å². The first kappa shape index (κ1) is 17.1. The van der Waals surface area contributed by atoms with Crippen LogP contribution in [0.4, 0.5) is 13.2 Å². The molecule has 0 N–H and O–H groups in total. The number of methoxy groups -OCH3 is 2. The van der Waals surface area contributed by atoms with Crippen molar-refractivity contribution >= 4 is 6.29 Å². The molecular formula is C17H17F3O3. The van der Waals surface area contributed by atoms with Crippen LogP contribution in [0.3, 0.4) is 0 Å². The van der Waals surface area contributed by atoms with Crippen LogP contribution in [0.25, 0.3) is 0 Å². The van der Waals surface area contributed by atoms with Crippen molar-refractivity contribution in [2.75, 3.05) is 14.2 Å². The van der Waals surface area contributed by atoms with Crippen molar-refractivity contribution in [2.24, 2.45) is 0 Å². The minimum atomic E-state index is -4.33. The van der Waals surface area contributed by atoms with Crippen LogP contribution >= 0.6 is 0 Å². The highest BCUT2D eigenvalue weighted by molar-refractivity contribution is 5.76. The third-order valence-electron chi connectivity index (χ3n) is 3.76. The van der Waals surface area contributed by atoms with Gasteiger partial charge in [-0.2, -0.15) is 13.2 Å². The van der Waals surface area contributed by atoms with E-state index in [0.29, 0.717) is 23.3 Å². The number of halogens is 3. The summed E-state index contributed by atoms with van der Waals surface area (Å²) in [4.78, 5) is 11.8. The highest BCUT2D eigenvalue weighted by atomic mass is 19.4. The fourth-order valence-corrected chi connectivity index (χ4v) is 2.70. The van der Waals surface area contributed by atoms with E-state index in [9.17, 15) is 18.0 Å². The number of hydrogen-bond donors (Lipinski definition) is 0. The number of carbonyl (C=O) groups is 1. The van der Waals surface area contributed by atoms with Crippen molar-refractivity contribution in [1.82, 2.24) is 0 Å². The first-order valence-electron chi connectivity index (χ1n) is 6.97.